The minimum atomic E-state index is 0.527. The predicted octanol–water partition coefficient (Wildman–Crippen LogP) is 2.11. The highest BCUT2D eigenvalue weighted by Crippen LogP contribution is 1.85. The highest BCUT2D eigenvalue weighted by molar-refractivity contribution is 7.83. The third kappa shape index (κ3) is 5.76. The van der Waals surface area contributed by atoms with Crippen LogP contribution in [0.15, 0.2) is 16.6 Å². The average Bonchev–Trinajstić information content (AvgIpc) is 1.66. The van der Waals surface area contributed by atoms with E-state index in [4.69, 9.17) is 0 Å². The Morgan fingerprint density at radius 1 is 1.50 bits per heavy atom. The van der Waals surface area contributed by atoms with Crippen LogP contribution in [0.3, 0.4) is 0 Å². The molecule has 0 N–H and O–H groups in total. The normalized spacial score (nSPS) is 12.5. The van der Waals surface area contributed by atoms with E-state index >= 15 is 0 Å². The molecule has 0 aromatic heterocycles. The third-order valence-corrected chi connectivity index (χ3v) is 0.670. The Balaban J connectivity index is 3.34. The summed E-state index contributed by atoms with van der Waals surface area (Å²) < 4.78 is 0. The largest absolute Gasteiger partial charge is 0.268 e. The number of hydrogen-bond donors (Lipinski definition) is 1. The van der Waals surface area contributed by atoms with Crippen LogP contribution in [-0.4, -0.2) is 6.21 Å². The smallest absolute Gasteiger partial charge is 0.0324 e. The van der Waals surface area contributed by atoms with Crippen LogP contribution in [0.2, 0.25) is 0 Å². The number of nitrogens with zero attached hydrogens (tertiary/aromatic N) is 1. The first-order valence-corrected chi connectivity index (χ1v) is 3.11. The lowest BCUT2D eigenvalue weighted by Gasteiger charge is -1.86. The van der Waals surface area contributed by atoms with Gasteiger partial charge in [-0.1, -0.05) is 13.8 Å². The lowest BCUT2D eigenvalue weighted by molar-refractivity contribution is 0.907. The second-order valence-electron chi connectivity index (χ2n) is 1.84. The lowest BCUT2D eigenvalue weighted by atomic mass is 10.3. The maximum atomic E-state index is 3.91. The molecule has 0 saturated carbocycles. The summed E-state index contributed by atoms with van der Waals surface area (Å²) in [6, 6.07) is 0. The van der Waals surface area contributed by atoms with E-state index in [1.54, 1.807) is 11.6 Å². The van der Waals surface area contributed by atoms with E-state index in [1.807, 2.05) is 6.21 Å². The van der Waals surface area contributed by atoms with Crippen LogP contribution in [0.25, 0.3) is 0 Å². The molecule has 0 spiro atoms. The van der Waals surface area contributed by atoms with Crippen LogP contribution < -0.4 is 0 Å². The molecule has 0 aliphatic heterocycles. The molecule has 0 atom stereocenters. The van der Waals surface area contributed by atoms with Gasteiger partial charge in [0.05, 0.1) is 0 Å². The minimum absolute atomic E-state index is 0.527. The van der Waals surface area contributed by atoms with E-state index in [0.29, 0.717) is 5.92 Å². The maximum Gasteiger partial charge on any atom is 0.0324 e. The van der Waals surface area contributed by atoms with Crippen molar-refractivity contribution in [1.82, 2.24) is 0 Å². The summed E-state index contributed by atoms with van der Waals surface area (Å²) in [6.07, 6.45) is 3.52. The maximum absolute atomic E-state index is 3.91. The lowest BCUT2D eigenvalue weighted by Crippen LogP contribution is -1.84. The fourth-order valence-corrected chi connectivity index (χ4v) is 0.337. The topological polar surface area (TPSA) is 12.4 Å². The molecule has 0 amide bonds. The van der Waals surface area contributed by atoms with Crippen molar-refractivity contribution in [2.45, 2.75) is 13.8 Å². The molecule has 1 nitrogen and oxygen atoms in total. The monoisotopic (exact) mass is 129 g/mol. The number of rotatable bonds is 2. The molecule has 46 valence electrons. The molecule has 0 bridgehead atoms. The van der Waals surface area contributed by atoms with E-state index in [2.05, 4.69) is 31.5 Å². The van der Waals surface area contributed by atoms with Crippen LogP contribution in [-0.2, 0) is 0 Å². The van der Waals surface area contributed by atoms with E-state index < -0.39 is 0 Å². The Labute approximate surface area is 55.9 Å². The highest BCUT2D eigenvalue weighted by Gasteiger charge is 1.79. The summed E-state index contributed by atoms with van der Waals surface area (Å²) >= 11 is 3.83. The van der Waals surface area contributed by atoms with Crippen molar-refractivity contribution in [3.63, 3.8) is 0 Å². The van der Waals surface area contributed by atoms with E-state index in [1.165, 1.54) is 0 Å². The molecule has 0 aliphatic rings. The molecule has 8 heavy (non-hydrogen) atoms. The molecule has 0 aromatic rings. The quantitative estimate of drug-likeness (QED) is 0.433. The molecule has 0 aliphatic carbocycles. The summed E-state index contributed by atoms with van der Waals surface area (Å²) in [4.78, 5) is 3.91. The van der Waals surface area contributed by atoms with Crippen LogP contribution >= 0.6 is 12.6 Å². The standard InChI is InChI=1S/C6H11NS/c1-6(2)5-7-3-4-8/h3-6,8H,1-2H3/b4-3-,7-5?. The number of hydrogen-bond acceptors (Lipinski definition) is 2. The molecule has 0 radical (unpaired) electrons. The SMILES string of the molecule is CC(C)C=N/C=C\S. The molecule has 0 saturated heterocycles. The zero-order valence-electron chi connectivity index (χ0n) is 5.20. The van der Waals surface area contributed by atoms with Crippen LogP contribution in [0.4, 0.5) is 0 Å². The van der Waals surface area contributed by atoms with Gasteiger partial charge in [0.15, 0.2) is 0 Å². The van der Waals surface area contributed by atoms with Crippen molar-refractivity contribution in [1.29, 1.82) is 0 Å². The molecular formula is C6H11NS. The summed E-state index contributed by atoms with van der Waals surface area (Å²) in [5.74, 6) is 0.527. The van der Waals surface area contributed by atoms with Gasteiger partial charge in [-0.05, 0) is 11.3 Å². The van der Waals surface area contributed by atoms with Gasteiger partial charge in [-0.15, -0.1) is 12.6 Å². The van der Waals surface area contributed by atoms with Gasteiger partial charge < -0.3 is 0 Å². The van der Waals surface area contributed by atoms with E-state index in [9.17, 15) is 0 Å². The second-order valence-corrected chi connectivity index (χ2v) is 2.14. The van der Waals surface area contributed by atoms with Gasteiger partial charge in [0, 0.05) is 12.4 Å². The second kappa shape index (κ2) is 4.91. The highest BCUT2D eigenvalue weighted by atomic mass is 32.1. The zero-order chi connectivity index (χ0) is 6.41. The van der Waals surface area contributed by atoms with Gasteiger partial charge in [0.1, 0.15) is 0 Å². The molecule has 0 unspecified atom stereocenters. The summed E-state index contributed by atoms with van der Waals surface area (Å²) in [5.41, 5.74) is 0. The van der Waals surface area contributed by atoms with Gasteiger partial charge in [-0.25, -0.2) is 0 Å². The van der Waals surface area contributed by atoms with Gasteiger partial charge in [0.25, 0.3) is 0 Å². The van der Waals surface area contributed by atoms with Crippen molar-refractivity contribution in [3.8, 4) is 0 Å². The first kappa shape index (κ1) is 7.76. The Kier molecular flexibility index (Phi) is 4.76. The van der Waals surface area contributed by atoms with Crippen LogP contribution in [0.5, 0.6) is 0 Å². The molecule has 0 rings (SSSR count). The van der Waals surface area contributed by atoms with Crippen molar-refractivity contribution in [2.75, 3.05) is 0 Å². The number of aliphatic imine (C=N–C) groups is 1. The van der Waals surface area contributed by atoms with Crippen molar-refractivity contribution in [3.05, 3.63) is 11.6 Å². The van der Waals surface area contributed by atoms with Crippen LogP contribution in [0, 0.1) is 5.92 Å². The summed E-state index contributed by atoms with van der Waals surface area (Å²) in [7, 11) is 0. The van der Waals surface area contributed by atoms with Crippen molar-refractivity contribution >= 4 is 18.8 Å². The molecule has 0 fully saturated rings. The summed E-state index contributed by atoms with van der Waals surface area (Å²) in [5, 5.41) is 1.61. The fraction of sp³-hybridized carbons (Fsp3) is 0.500. The first-order valence-electron chi connectivity index (χ1n) is 2.60. The third-order valence-electron chi connectivity index (χ3n) is 0.537. The Morgan fingerprint density at radius 3 is 2.50 bits per heavy atom. The zero-order valence-corrected chi connectivity index (χ0v) is 6.10. The van der Waals surface area contributed by atoms with Gasteiger partial charge in [0.2, 0.25) is 0 Å². The van der Waals surface area contributed by atoms with Crippen LogP contribution in [0.1, 0.15) is 13.8 Å². The Hall–Kier alpha value is -0.240. The molecule has 0 heterocycles. The van der Waals surface area contributed by atoms with Gasteiger partial charge >= 0.3 is 0 Å². The van der Waals surface area contributed by atoms with Crippen molar-refractivity contribution < 1.29 is 0 Å². The van der Waals surface area contributed by atoms with E-state index in [0.717, 1.165) is 0 Å². The van der Waals surface area contributed by atoms with Gasteiger partial charge in [-0.2, -0.15) is 0 Å². The predicted molar refractivity (Wildman–Crippen MR) is 41.5 cm³/mol. The summed E-state index contributed by atoms with van der Waals surface area (Å²) in [6.45, 7) is 4.16. The molecule has 0 aromatic carbocycles. The fourth-order valence-electron chi connectivity index (χ4n) is 0.260. The molecular weight excluding hydrogens is 118 g/mol. The van der Waals surface area contributed by atoms with Gasteiger partial charge in [-0.3, -0.25) is 4.99 Å². The van der Waals surface area contributed by atoms with E-state index in [-0.39, 0.29) is 0 Å². The van der Waals surface area contributed by atoms with Crippen molar-refractivity contribution in [2.24, 2.45) is 10.9 Å². The average molecular weight is 129 g/mol. The molecule has 2 heteroatoms. The first-order chi connectivity index (χ1) is 3.77. The number of thiol groups is 1. The Morgan fingerprint density at radius 2 is 2.12 bits per heavy atom. The minimum Gasteiger partial charge on any atom is -0.268 e. The Bertz CT molecular complexity index is 94.7.